The van der Waals surface area contributed by atoms with Crippen LogP contribution in [0.2, 0.25) is 0 Å². The Morgan fingerprint density at radius 3 is 2.55 bits per heavy atom. The molecule has 0 aliphatic heterocycles. The average molecular weight is 282 g/mol. The molecule has 20 heavy (non-hydrogen) atoms. The largest absolute Gasteiger partial charge is 0.418 e. The molecule has 1 heterocycles. The van der Waals surface area contributed by atoms with Crippen molar-refractivity contribution in [3.8, 4) is 0 Å². The minimum absolute atomic E-state index is 0.0693. The second kappa shape index (κ2) is 5.36. The molecule has 0 aliphatic rings. The molecule has 1 aromatic heterocycles. The molecule has 2 rings (SSSR count). The van der Waals surface area contributed by atoms with E-state index in [0.29, 0.717) is 12.2 Å². The lowest BCUT2D eigenvalue weighted by molar-refractivity contribution is -0.136. The van der Waals surface area contributed by atoms with Gasteiger partial charge in [0.05, 0.1) is 11.3 Å². The number of aromatic nitrogens is 2. The van der Waals surface area contributed by atoms with Crippen LogP contribution in [-0.2, 0) is 12.6 Å². The zero-order valence-corrected chi connectivity index (χ0v) is 10.7. The number of alkyl halides is 3. The van der Waals surface area contributed by atoms with Gasteiger partial charge < -0.3 is 11.1 Å². The zero-order chi connectivity index (χ0) is 14.8. The second-order valence-electron chi connectivity index (χ2n) is 4.12. The summed E-state index contributed by atoms with van der Waals surface area (Å²) >= 11 is 0. The standard InChI is InChI=1S/C13H13F3N4/c1-2-11-19-10(17)7-12(20-11)18-9-6-4-3-5-8(9)13(14,15)16/h3-7H,2H2,1H3,(H3,17,18,19,20). The molecule has 4 nitrogen and oxygen atoms in total. The second-order valence-corrected chi connectivity index (χ2v) is 4.12. The lowest BCUT2D eigenvalue weighted by Gasteiger charge is -2.14. The van der Waals surface area contributed by atoms with Crippen molar-refractivity contribution >= 4 is 17.3 Å². The van der Waals surface area contributed by atoms with E-state index in [9.17, 15) is 13.2 Å². The fraction of sp³-hybridized carbons (Fsp3) is 0.231. The summed E-state index contributed by atoms with van der Waals surface area (Å²) in [4.78, 5) is 8.07. The van der Waals surface area contributed by atoms with E-state index in [-0.39, 0.29) is 17.3 Å². The topological polar surface area (TPSA) is 63.8 Å². The van der Waals surface area contributed by atoms with Gasteiger partial charge in [0.25, 0.3) is 0 Å². The smallest absolute Gasteiger partial charge is 0.384 e. The maximum Gasteiger partial charge on any atom is 0.418 e. The molecular weight excluding hydrogens is 269 g/mol. The first-order valence-corrected chi connectivity index (χ1v) is 5.97. The highest BCUT2D eigenvalue weighted by Gasteiger charge is 2.33. The molecule has 0 saturated heterocycles. The quantitative estimate of drug-likeness (QED) is 0.905. The van der Waals surface area contributed by atoms with E-state index >= 15 is 0 Å². The molecule has 0 unspecified atom stereocenters. The molecule has 2 aromatic rings. The third kappa shape index (κ3) is 3.17. The van der Waals surface area contributed by atoms with E-state index in [1.54, 1.807) is 0 Å². The monoisotopic (exact) mass is 282 g/mol. The third-order valence-corrected chi connectivity index (χ3v) is 2.60. The van der Waals surface area contributed by atoms with Crippen molar-refractivity contribution in [2.45, 2.75) is 19.5 Å². The molecule has 7 heteroatoms. The van der Waals surface area contributed by atoms with Crippen LogP contribution in [0.4, 0.5) is 30.5 Å². The predicted molar refractivity (Wildman–Crippen MR) is 70.5 cm³/mol. The number of nitrogens with two attached hydrogens (primary N) is 1. The molecule has 0 amide bonds. The molecule has 0 bridgehead atoms. The van der Waals surface area contributed by atoms with E-state index in [2.05, 4.69) is 15.3 Å². The minimum atomic E-state index is -4.43. The van der Waals surface area contributed by atoms with Crippen LogP contribution in [0.25, 0.3) is 0 Å². The van der Waals surface area contributed by atoms with Gasteiger partial charge in [-0.05, 0) is 12.1 Å². The molecule has 0 aliphatic carbocycles. The van der Waals surface area contributed by atoms with Gasteiger partial charge in [-0.15, -0.1) is 0 Å². The number of nitrogens with one attached hydrogen (secondary N) is 1. The SMILES string of the molecule is CCc1nc(N)cc(Nc2ccccc2C(F)(F)F)n1. The van der Waals surface area contributed by atoms with Crippen LogP contribution in [-0.4, -0.2) is 9.97 Å². The summed E-state index contributed by atoms with van der Waals surface area (Å²) in [7, 11) is 0. The van der Waals surface area contributed by atoms with Crippen LogP contribution in [0.15, 0.2) is 30.3 Å². The summed E-state index contributed by atoms with van der Waals surface area (Å²) < 4.78 is 38.6. The Kier molecular flexibility index (Phi) is 3.78. The third-order valence-electron chi connectivity index (χ3n) is 2.60. The summed E-state index contributed by atoms with van der Waals surface area (Å²) in [5, 5.41) is 2.64. The Morgan fingerprint density at radius 2 is 1.90 bits per heavy atom. The number of hydrogen-bond donors (Lipinski definition) is 2. The van der Waals surface area contributed by atoms with Gasteiger partial charge in [-0.25, -0.2) is 9.97 Å². The highest BCUT2D eigenvalue weighted by Crippen LogP contribution is 2.35. The van der Waals surface area contributed by atoms with Crippen molar-refractivity contribution in [3.63, 3.8) is 0 Å². The molecule has 0 atom stereocenters. The first kappa shape index (κ1) is 14.1. The number of nitrogens with zero attached hydrogens (tertiary/aromatic N) is 2. The highest BCUT2D eigenvalue weighted by molar-refractivity contribution is 5.62. The van der Waals surface area contributed by atoms with E-state index in [4.69, 9.17) is 5.73 Å². The van der Waals surface area contributed by atoms with Crippen molar-refractivity contribution in [3.05, 3.63) is 41.7 Å². The summed E-state index contributed by atoms with van der Waals surface area (Å²) in [5.41, 5.74) is 4.78. The van der Waals surface area contributed by atoms with E-state index in [0.717, 1.165) is 6.07 Å². The van der Waals surface area contributed by atoms with Crippen LogP contribution >= 0.6 is 0 Å². The van der Waals surface area contributed by atoms with Gasteiger partial charge in [-0.2, -0.15) is 13.2 Å². The molecule has 0 radical (unpaired) electrons. The Bertz CT molecular complexity index is 611. The maximum atomic E-state index is 12.9. The van der Waals surface area contributed by atoms with Gasteiger partial charge >= 0.3 is 6.18 Å². The fourth-order valence-corrected chi connectivity index (χ4v) is 1.72. The number of nitrogen functional groups attached to an aromatic ring is 1. The number of benzene rings is 1. The van der Waals surface area contributed by atoms with Crippen molar-refractivity contribution in [2.75, 3.05) is 11.1 Å². The Balaban J connectivity index is 2.38. The van der Waals surface area contributed by atoms with Crippen LogP contribution < -0.4 is 11.1 Å². The molecule has 106 valence electrons. The lowest BCUT2D eigenvalue weighted by atomic mass is 10.1. The van der Waals surface area contributed by atoms with Crippen LogP contribution in [0.3, 0.4) is 0 Å². The van der Waals surface area contributed by atoms with Crippen molar-refractivity contribution in [1.29, 1.82) is 0 Å². The van der Waals surface area contributed by atoms with Crippen molar-refractivity contribution < 1.29 is 13.2 Å². The van der Waals surface area contributed by atoms with Gasteiger partial charge in [0.2, 0.25) is 0 Å². The van der Waals surface area contributed by atoms with E-state index in [1.165, 1.54) is 24.3 Å². The van der Waals surface area contributed by atoms with Crippen molar-refractivity contribution in [2.24, 2.45) is 0 Å². The fourth-order valence-electron chi connectivity index (χ4n) is 1.72. The van der Waals surface area contributed by atoms with Crippen molar-refractivity contribution in [1.82, 2.24) is 9.97 Å². The maximum absolute atomic E-state index is 12.9. The van der Waals surface area contributed by atoms with Gasteiger partial charge in [-0.3, -0.25) is 0 Å². The first-order chi connectivity index (χ1) is 9.40. The minimum Gasteiger partial charge on any atom is -0.384 e. The molecule has 0 saturated carbocycles. The Hall–Kier alpha value is -2.31. The summed E-state index contributed by atoms with van der Waals surface area (Å²) in [6, 6.07) is 6.59. The van der Waals surface area contributed by atoms with Gasteiger partial charge in [-0.1, -0.05) is 19.1 Å². The number of hydrogen-bond acceptors (Lipinski definition) is 4. The summed E-state index contributed by atoms with van der Waals surface area (Å²) in [6.45, 7) is 1.84. The molecule has 3 N–H and O–H groups in total. The molecule has 0 spiro atoms. The number of anilines is 3. The summed E-state index contributed by atoms with van der Waals surface area (Å²) in [5.74, 6) is 0.923. The highest BCUT2D eigenvalue weighted by atomic mass is 19.4. The van der Waals surface area contributed by atoms with Crippen LogP contribution in [0.1, 0.15) is 18.3 Å². The Morgan fingerprint density at radius 1 is 1.20 bits per heavy atom. The van der Waals surface area contributed by atoms with Gasteiger partial charge in [0.15, 0.2) is 0 Å². The molecule has 1 aromatic carbocycles. The Labute approximate surface area is 113 Å². The zero-order valence-electron chi connectivity index (χ0n) is 10.7. The van der Waals surface area contributed by atoms with Gasteiger partial charge in [0.1, 0.15) is 17.5 Å². The average Bonchev–Trinajstić information content (AvgIpc) is 2.37. The predicted octanol–water partition coefficient (Wildman–Crippen LogP) is 3.38. The molecular formula is C13H13F3N4. The van der Waals surface area contributed by atoms with E-state index < -0.39 is 11.7 Å². The number of para-hydroxylation sites is 1. The van der Waals surface area contributed by atoms with E-state index in [1.807, 2.05) is 6.92 Å². The van der Waals surface area contributed by atoms with Gasteiger partial charge in [0, 0.05) is 12.5 Å². The van der Waals surface area contributed by atoms with Crippen LogP contribution in [0.5, 0.6) is 0 Å². The first-order valence-electron chi connectivity index (χ1n) is 5.97. The normalized spacial score (nSPS) is 11.4. The molecule has 0 fully saturated rings. The lowest BCUT2D eigenvalue weighted by Crippen LogP contribution is -2.10. The summed E-state index contributed by atoms with van der Waals surface area (Å²) in [6.07, 6.45) is -3.89. The number of rotatable bonds is 3. The van der Waals surface area contributed by atoms with Crippen LogP contribution in [0, 0.1) is 0 Å². The number of aryl methyl sites for hydroxylation is 1. The number of halogens is 3.